The van der Waals surface area contributed by atoms with Gasteiger partial charge >= 0.3 is 0 Å². The molecule has 0 N–H and O–H groups in total. The average molecular weight is 429 g/mol. The van der Waals surface area contributed by atoms with Gasteiger partial charge in [0.25, 0.3) is 0 Å². The zero-order chi connectivity index (χ0) is 22.0. The van der Waals surface area contributed by atoms with Crippen LogP contribution in [0, 0.1) is 0 Å². The fourth-order valence-corrected chi connectivity index (χ4v) is 6.89. The van der Waals surface area contributed by atoms with Crippen LogP contribution in [0.3, 0.4) is 0 Å². The molecule has 156 valence electrons. The fraction of sp³-hybridized carbons (Fsp3) is 0.0588. The van der Waals surface area contributed by atoms with Gasteiger partial charge in [0.2, 0.25) is 0 Å². The van der Waals surface area contributed by atoms with Gasteiger partial charge in [-0.25, -0.2) is 0 Å². The van der Waals surface area contributed by atoms with E-state index >= 15 is 0 Å². The van der Waals surface area contributed by atoms with Crippen molar-refractivity contribution in [2.75, 3.05) is 0 Å². The molecule has 0 aliphatic heterocycles. The number of benzene rings is 7. The van der Waals surface area contributed by atoms with E-state index in [0.29, 0.717) is 0 Å². The highest BCUT2D eigenvalue weighted by molar-refractivity contribution is 6.26. The van der Waals surface area contributed by atoms with Crippen molar-refractivity contribution in [1.82, 2.24) is 0 Å². The van der Waals surface area contributed by atoms with Crippen molar-refractivity contribution in [1.29, 1.82) is 0 Å². The minimum absolute atomic E-state index is 1.03. The first kappa shape index (κ1) is 17.3. The third-order valence-electron chi connectivity index (χ3n) is 8.35. The Kier molecular flexibility index (Phi) is 2.98. The van der Waals surface area contributed by atoms with Gasteiger partial charge in [0.1, 0.15) is 0 Å². The maximum absolute atomic E-state index is 2.51. The summed E-state index contributed by atoms with van der Waals surface area (Å²) >= 11 is 0. The Bertz CT molecular complexity index is 1990. The Hall–Kier alpha value is -4.16. The molecule has 0 heteroatoms. The molecule has 9 rings (SSSR count). The Morgan fingerprint density at radius 2 is 0.971 bits per heavy atom. The Morgan fingerprint density at radius 3 is 1.85 bits per heavy atom. The van der Waals surface area contributed by atoms with E-state index in [0.717, 1.165) is 12.8 Å². The van der Waals surface area contributed by atoms with Gasteiger partial charge in [0.15, 0.2) is 0 Å². The highest BCUT2D eigenvalue weighted by Crippen LogP contribution is 2.49. The fourth-order valence-electron chi connectivity index (χ4n) is 6.89. The summed E-state index contributed by atoms with van der Waals surface area (Å²) in [5.41, 5.74) is 11.7. The van der Waals surface area contributed by atoms with Crippen LogP contribution in [0.15, 0.2) is 97.1 Å². The maximum atomic E-state index is 2.51. The summed E-state index contributed by atoms with van der Waals surface area (Å²) in [6, 6.07) is 37.0. The summed E-state index contributed by atoms with van der Waals surface area (Å²) in [6.45, 7) is 0. The lowest BCUT2D eigenvalue weighted by Gasteiger charge is -2.15. The van der Waals surface area contributed by atoms with Crippen LogP contribution in [-0.4, -0.2) is 0 Å². The van der Waals surface area contributed by atoms with E-state index in [2.05, 4.69) is 97.1 Å². The molecule has 0 heterocycles. The zero-order valence-corrected chi connectivity index (χ0v) is 18.7. The Morgan fingerprint density at radius 1 is 0.382 bits per heavy atom. The number of hydrogen-bond acceptors (Lipinski definition) is 0. The minimum Gasteiger partial charge on any atom is -0.0616 e. The molecule has 0 radical (unpaired) electrons. The van der Waals surface area contributed by atoms with Crippen molar-refractivity contribution in [3.63, 3.8) is 0 Å². The van der Waals surface area contributed by atoms with E-state index in [1.54, 1.807) is 0 Å². The lowest BCUT2D eigenvalue weighted by Crippen LogP contribution is -1.89. The van der Waals surface area contributed by atoms with Crippen LogP contribution in [0.5, 0.6) is 0 Å². The molecule has 0 atom stereocenters. The van der Waals surface area contributed by atoms with Gasteiger partial charge in [-0.2, -0.15) is 0 Å². The summed E-state index contributed by atoms with van der Waals surface area (Å²) in [7, 11) is 0. The van der Waals surface area contributed by atoms with E-state index in [1.165, 1.54) is 87.6 Å². The van der Waals surface area contributed by atoms with E-state index in [9.17, 15) is 0 Å². The first-order valence-electron chi connectivity index (χ1n) is 12.2. The van der Waals surface area contributed by atoms with Crippen molar-refractivity contribution >= 4 is 43.1 Å². The molecule has 0 aromatic heterocycles. The van der Waals surface area contributed by atoms with Gasteiger partial charge in [-0.3, -0.25) is 0 Å². The predicted octanol–water partition coefficient (Wildman–Crippen LogP) is 8.88. The normalized spacial score (nSPS) is 13.6. The molecule has 0 nitrogen and oxygen atoms in total. The van der Waals surface area contributed by atoms with Crippen molar-refractivity contribution in [3.05, 3.63) is 119 Å². The first-order chi connectivity index (χ1) is 16.8. The summed E-state index contributed by atoms with van der Waals surface area (Å²) < 4.78 is 0. The Balaban J connectivity index is 1.32. The average Bonchev–Trinajstić information content (AvgIpc) is 3.40. The summed E-state index contributed by atoms with van der Waals surface area (Å²) in [4.78, 5) is 0. The molecule has 0 amide bonds. The molecular formula is C34H20. The van der Waals surface area contributed by atoms with Crippen LogP contribution in [0.4, 0.5) is 0 Å². The lowest BCUT2D eigenvalue weighted by atomic mass is 9.89. The van der Waals surface area contributed by atoms with Crippen LogP contribution >= 0.6 is 0 Å². The first-order valence-corrected chi connectivity index (χ1v) is 12.2. The summed E-state index contributed by atoms with van der Waals surface area (Å²) in [6.07, 6.45) is 2.06. The molecule has 0 saturated carbocycles. The minimum atomic E-state index is 1.03. The second kappa shape index (κ2) is 5.85. The third-order valence-corrected chi connectivity index (χ3v) is 8.35. The van der Waals surface area contributed by atoms with Crippen LogP contribution in [-0.2, 0) is 12.8 Å². The van der Waals surface area contributed by atoms with Gasteiger partial charge in [0.05, 0.1) is 0 Å². The highest BCUT2D eigenvalue weighted by atomic mass is 14.3. The van der Waals surface area contributed by atoms with Gasteiger partial charge in [-0.05, 0) is 119 Å². The molecule has 0 bridgehead atoms. The SMILES string of the molecule is c1ccc2cc3c(cc2c1)Cc1cc2c(cc1-3)Cc1cc3ccc4cccc5ccc(c1-2)c3c45. The van der Waals surface area contributed by atoms with E-state index in [-0.39, 0.29) is 0 Å². The summed E-state index contributed by atoms with van der Waals surface area (Å²) in [5, 5.41) is 11.0. The predicted molar refractivity (Wildman–Crippen MR) is 144 cm³/mol. The third kappa shape index (κ3) is 2.05. The Labute approximate surface area is 197 Å². The highest BCUT2D eigenvalue weighted by Gasteiger charge is 2.27. The van der Waals surface area contributed by atoms with E-state index in [4.69, 9.17) is 0 Å². The number of hydrogen-bond donors (Lipinski definition) is 0. The second-order valence-corrected chi connectivity index (χ2v) is 10.1. The van der Waals surface area contributed by atoms with Crippen molar-refractivity contribution in [2.24, 2.45) is 0 Å². The van der Waals surface area contributed by atoms with Crippen LogP contribution in [0.1, 0.15) is 22.3 Å². The molecule has 2 aliphatic carbocycles. The number of rotatable bonds is 0. The van der Waals surface area contributed by atoms with E-state index in [1.807, 2.05) is 0 Å². The molecular weight excluding hydrogens is 408 g/mol. The molecule has 0 fully saturated rings. The van der Waals surface area contributed by atoms with Crippen LogP contribution in [0.2, 0.25) is 0 Å². The number of fused-ring (bicyclic) bond motifs is 8. The van der Waals surface area contributed by atoms with Gasteiger partial charge in [0, 0.05) is 0 Å². The van der Waals surface area contributed by atoms with Gasteiger partial charge in [-0.1, -0.05) is 78.9 Å². The molecule has 7 aromatic carbocycles. The topological polar surface area (TPSA) is 0 Å². The molecule has 0 saturated heterocycles. The summed E-state index contributed by atoms with van der Waals surface area (Å²) in [5.74, 6) is 0. The largest absolute Gasteiger partial charge is 0.0616 e. The van der Waals surface area contributed by atoms with Crippen molar-refractivity contribution in [3.8, 4) is 22.3 Å². The molecule has 0 spiro atoms. The second-order valence-electron chi connectivity index (χ2n) is 10.1. The maximum Gasteiger partial charge on any atom is -0.00128 e. The lowest BCUT2D eigenvalue weighted by molar-refractivity contribution is 1.24. The molecule has 0 unspecified atom stereocenters. The zero-order valence-electron chi connectivity index (χ0n) is 18.7. The van der Waals surface area contributed by atoms with E-state index < -0.39 is 0 Å². The molecule has 7 aromatic rings. The van der Waals surface area contributed by atoms with Crippen molar-refractivity contribution in [2.45, 2.75) is 12.8 Å². The standard InChI is InChI=1S/C34H20/c1-2-5-22-16-29-24(12-21(22)4-1)14-25-18-31-26(17-30(25)29)15-27-13-23-9-8-19-6-3-7-20-10-11-28(33(27)31)34(23)32(19)20/h1-13,16-18H,14-15H2. The monoisotopic (exact) mass is 428 g/mol. The molecule has 34 heavy (non-hydrogen) atoms. The van der Waals surface area contributed by atoms with Gasteiger partial charge < -0.3 is 0 Å². The van der Waals surface area contributed by atoms with Crippen LogP contribution < -0.4 is 0 Å². The van der Waals surface area contributed by atoms with Crippen LogP contribution in [0.25, 0.3) is 65.3 Å². The molecule has 2 aliphatic rings. The quantitative estimate of drug-likeness (QED) is 0.212. The van der Waals surface area contributed by atoms with Gasteiger partial charge in [-0.15, -0.1) is 0 Å². The smallest absolute Gasteiger partial charge is 0.00128 e. The van der Waals surface area contributed by atoms with Crippen molar-refractivity contribution < 1.29 is 0 Å².